The summed E-state index contributed by atoms with van der Waals surface area (Å²) in [5, 5.41) is 16.9. The number of hydrogen-bond acceptors (Lipinski definition) is 5. The lowest BCUT2D eigenvalue weighted by atomic mass is 9.84. The fraction of sp³-hybridized carbons (Fsp3) is 0.333. The van der Waals surface area contributed by atoms with Crippen molar-refractivity contribution in [2.75, 3.05) is 6.61 Å². The fourth-order valence-corrected chi connectivity index (χ4v) is 6.26. The second kappa shape index (κ2) is 10.6. The van der Waals surface area contributed by atoms with Gasteiger partial charge in [-0.2, -0.15) is 15.1 Å². The van der Waals surface area contributed by atoms with Crippen LogP contribution in [0, 0.1) is 5.41 Å². The van der Waals surface area contributed by atoms with Crippen molar-refractivity contribution in [3.63, 3.8) is 0 Å². The van der Waals surface area contributed by atoms with Crippen LogP contribution in [0.15, 0.2) is 70.4 Å². The molecule has 38 heavy (non-hydrogen) atoms. The highest BCUT2D eigenvalue weighted by molar-refractivity contribution is 8.26. The molecule has 3 aromatic rings. The second-order valence-corrected chi connectivity index (χ2v) is 11.0. The SMILES string of the molecule is CCC1=NN2C(=N)C(=Cc3cn(CCOc4ccc(C5CCCCC5)cc4)c4ccccc34)C(=O)N=C2S1. The van der Waals surface area contributed by atoms with Crippen LogP contribution >= 0.6 is 11.8 Å². The van der Waals surface area contributed by atoms with Gasteiger partial charge in [-0.1, -0.05) is 56.5 Å². The minimum atomic E-state index is -0.404. The van der Waals surface area contributed by atoms with Crippen molar-refractivity contribution >= 4 is 50.7 Å². The number of carbonyl (C=O) groups excluding carboxylic acids is 1. The van der Waals surface area contributed by atoms with Crippen LogP contribution in [0.4, 0.5) is 0 Å². The molecule has 0 bridgehead atoms. The van der Waals surface area contributed by atoms with E-state index < -0.39 is 5.91 Å². The number of carbonyl (C=O) groups is 1. The standard InChI is InChI=1S/C30H31N5O2S/c1-2-27-33-35-28(31)25(29(36)32-30(35)38-27)18-22-19-34(26-11-7-6-10-24(22)26)16-17-37-23-14-12-21(13-15-23)20-8-4-3-5-9-20/h6-7,10-15,18-20,31H,2-5,8-9,16-17H2,1H3. The van der Waals surface area contributed by atoms with Crippen LogP contribution in [-0.2, 0) is 11.3 Å². The molecule has 7 nitrogen and oxygen atoms in total. The fourth-order valence-electron chi connectivity index (χ4n) is 5.44. The van der Waals surface area contributed by atoms with E-state index >= 15 is 0 Å². The average Bonchev–Trinajstić information content (AvgIpc) is 3.53. The second-order valence-electron chi connectivity index (χ2n) is 9.91. The van der Waals surface area contributed by atoms with E-state index in [-0.39, 0.29) is 11.4 Å². The highest BCUT2D eigenvalue weighted by Crippen LogP contribution is 2.34. The van der Waals surface area contributed by atoms with Gasteiger partial charge >= 0.3 is 0 Å². The van der Waals surface area contributed by atoms with Gasteiger partial charge < -0.3 is 9.30 Å². The van der Waals surface area contributed by atoms with Gasteiger partial charge in [0.2, 0.25) is 5.17 Å². The molecule has 1 N–H and O–H groups in total. The Kier molecular flexibility index (Phi) is 6.89. The number of ether oxygens (including phenoxy) is 1. The van der Waals surface area contributed by atoms with Crippen molar-refractivity contribution in [2.24, 2.45) is 10.1 Å². The molecule has 2 aliphatic heterocycles. The van der Waals surface area contributed by atoms with Gasteiger partial charge in [0.15, 0.2) is 5.84 Å². The predicted molar refractivity (Wildman–Crippen MR) is 155 cm³/mol. The summed E-state index contributed by atoms with van der Waals surface area (Å²) in [5.41, 5.74) is 3.59. The van der Waals surface area contributed by atoms with Crippen LogP contribution in [0.5, 0.6) is 5.75 Å². The highest BCUT2D eigenvalue weighted by Gasteiger charge is 2.35. The number of para-hydroxylation sites is 1. The number of aromatic nitrogens is 1. The van der Waals surface area contributed by atoms with Gasteiger partial charge in [0, 0.05) is 22.7 Å². The van der Waals surface area contributed by atoms with Gasteiger partial charge in [-0.05, 0) is 66.8 Å². The smallest absolute Gasteiger partial charge is 0.283 e. The molecule has 0 atom stereocenters. The number of thioether (sulfide) groups is 1. The zero-order chi connectivity index (χ0) is 26.1. The molecule has 1 saturated carbocycles. The lowest BCUT2D eigenvalue weighted by Gasteiger charge is -2.22. The third-order valence-corrected chi connectivity index (χ3v) is 8.53. The first-order valence-corrected chi connectivity index (χ1v) is 14.2. The molecule has 1 amide bonds. The highest BCUT2D eigenvalue weighted by atomic mass is 32.2. The van der Waals surface area contributed by atoms with E-state index in [1.54, 1.807) is 6.08 Å². The third-order valence-electron chi connectivity index (χ3n) is 7.48. The van der Waals surface area contributed by atoms with Crippen molar-refractivity contribution in [2.45, 2.75) is 57.9 Å². The molecule has 2 aromatic carbocycles. The van der Waals surface area contributed by atoms with Gasteiger partial charge in [0.1, 0.15) is 17.4 Å². The Labute approximate surface area is 226 Å². The molecule has 3 aliphatic rings. The van der Waals surface area contributed by atoms with Crippen molar-refractivity contribution in [1.29, 1.82) is 5.41 Å². The molecule has 0 saturated heterocycles. The zero-order valence-electron chi connectivity index (χ0n) is 21.5. The molecule has 0 radical (unpaired) electrons. The van der Waals surface area contributed by atoms with Crippen molar-refractivity contribution in [1.82, 2.24) is 9.58 Å². The van der Waals surface area contributed by atoms with Crippen molar-refractivity contribution in [3.05, 3.63) is 71.4 Å². The summed E-state index contributed by atoms with van der Waals surface area (Å²) in [5.74, 6) is 1.23. The lowest BCUT2D eigenvalue weighted by molar-refractivity contribution is -0.114. The maximum absolute atomic E-state index is 12.8. The maximum atomic E-state index is 12.8. The Morgan fingerprint density at radius 2 is 1.89 bits per heavy atom. The number of nitrogens with one attached hydrogen (secondary N) is 1. The number of rotatable bonds is 7. The summed E-state index contributed by atoms with van der Waals surface area (Å²) in [6.45, 7) is 3.19. The van der Waals surface area contributed by atoms with Crippen LogP contribution in [0.3, 0.4) is 0 Å². The van der Waals surface area contributed by atoms with Gasteiger partial charge in [0.25, 0.3) is 5.91 Å². The first-order valence-electron chi connectivity index (χ1n) is 13.4. The van der Waals surface area contributed by atoms with Crippen molar-refractivity contribution < 1.29 is 9.53 Å². The number of benzene rings is 2. The van der Waals surface area contributed by atoms with Crippen LogP contribution in [0.2, 0.25) is 0 Å². The predicted octanol–water partition coefficient (Wildman–Crippen LogP) is 6.80. The minimum absolute atomic E-state index is 0.0628. The molecule has 1 aliphatic carbocycles. The normalized spacial score (nSPS) is 19.2. The molecule has 3 heterocycles. The first kappa shape index (κ1) is 24.7. The number of fused-ring (bicyclic) bond motifs is 2. The topological polar surface area (TPSA) is 83.0 Å². The van der Waals surface area contributed by atoms with E-state index in [1.807, 2.05) is 31.3 Å². The summed E-state index contributed by atoms with van der Waals surface area (Å²) in [6, 6.07) is 16.7. The van der Waals surface area contributed by atoms with E-state index in [0.717, 1.165) is 33.7 Å². The largest absolute Gasteiger partial charge is 0.492 e. The van der Waals surface area contributed by atoms with Gasteiger partial charge in [-0.25, -0.2) is 0 Å². The van der Waals surface area contributed by atoms with E-state index in [4.69, 9.17) is 10.1 Å². The Morgan fingerprint density at radius 1 is 1.11 bits per heavy atom. The summed E-state index contributed by atoms with van der Waals surface area (Å²) < 4.78 is 8.24. The molecule has 1 fully saturated rings. The molecule has 8 heteroatoms. The lowest BCUT2D eigenvalue weighted by Crippen LogP contribution is -2.35. The molecule has 0 spiro atoms. The van der Waals surface area contributed by atoms with E-state index in [2.05, 4.69) is 45.0 Å². The summed E-state index contributed by atoms with van der Waals surface area (Å²) in [4.78, 5) is 17.0. The van der Waals surface area contributed by atoms with Crippen LogP contribution in [0.25, 0.3) is 17.0 Å². The first-order chi connectivity index (χ1) is 18.6. The Morgan fingerprint density at radius 3 is 2.68 bits per heavy atom. The summed E-state index contributed by atoms with van der Waals surface area (Å²) in [7, 11) is 0. The molecular weight excluding hydrogens is 494 g/mol. The summed E-state index contributed by atoms with van der Waals surface area (Å²) >= 11 is 1.35. The molecule has 1 aromatic heterocycles. The van der Waals surface area contributed by atoms with Crippen LogP contribution < -0.4 is 4.74 Å². The number of nitrogens with zero attached hydrogens (tertiary/aromatic N) is 4. The number of hydrazone groups is 1. The van der Waals surface area contributed by atoms with Gasteiger partial charge in [-0.15, -0.1) is 0 Å². The monoisotopic (exact) mass is 525 g/mol. The van der Waals surface area contributed by atoms with Gasteiger partial charge in [-0.3, -0.25) is 10.2 Å². The maximum Gasteiger partial charge on any atom is 0.283 e. The summed E-state index contributed by atoms with van der Waals surface area (Å²) in [6.07, 6.45) is 11.1. The third kappa shape index (κ3) is 4.80. The van der Waals surface area contributed by atoms with Crippen LogP contribution in [0.1, 0.15) is 62.5 Å². The number of amides is 1. The van der Waals surface area contributed by atoms with Crippen LogP contribution in [-0.4, -0.2) is 38.1 Å². The Hall–Kier alpha value is -3.65. The molecular formula is C30H31N5O2S. The average molecular weight is 526 g/mol. The zero-order valence-corrected chi connectivity index (χ0v) is 22.3. The van der Waals surface area contributed by atoms with E-state index in [9.17, 15) is 4.79 Å². The Balaban J connectivity index is 1.19. The quantitative estimate of drug-likeness (QED) is 0.344. The molecule has 194 valence electrons. The van der Waals surface area contributed by atoms with Gasteiger partial charge in [0.05, 0.1) is 12.1 Å². The number of hydrogen-bond donors (Lipinski definition) is 1. The molecule has 0 unspecified atom stereocenters. The van der Waals surface area contributed by atoms with E-state index in [0.29, 0.717) is 24.2 Å². The van der Waals surface area contributed by atoms with E-state index in [1.165, 1.54) is 54.4 Å². The Bertz CT molecular complexity index is 1480. The number of aliphatic imine (C=N–C) groups is 1. The molecule has 6 rings (SSSR count). The number of amidine groups is 2. The minimum Gasteiger partial charge on any atom is -0.492 e. The van der Waals surface area contributed by atoms with Crippen molar-refractivity contribution in [3.8, 4) is 5.75 Å².